The molecule has 3 aromatic rings. The first kappa shape index (κ1) is 14.7. The van der Waals surface area contributed by atoms with Crippen LogP contribution in [0.4, 0.5) is 17.2 Å². The van der Waals surface area contributed by atoms with Gasteiger partial charge in [-0.25, -0.2) is 9.97 Å². The predicted molar refractivity (Wildman–Crippen MR) is 88.3 cm³/mol. The van der Waals surface area contributed by atoms with Gasteiger partial charge in [0.2, 0.25) is 0 Å². The zero-order valence-corrected chi connectivity index (χ0v) is 13.3. The van der Waals surface area contributed by atoms with E-state index in [4.69, 9.17) is 11.6 Å². The zero-order chi connectivity index (χ0) is 15.9. The number of fused-ring (bicyclic) bond motifs is 1. The van der Waals surface area contributed by atoms with Crippen LogP contribution in [0, 0.1) is 24.0 Å². The van der Waals surface area contributed by atoms with Gasteiger partial charge < -0.3 is 5.32 Å². The Morgan fingerprint density at radius 3 is 2.77 bits per heavy atom. The van der Waals surface area contributed by atoms with Gasteiger partial charge in [0.05, 0.1) is 21.0 Å². The first-order valence-corrected chi connectivity index (χ1v) is 7.58. The van der Waals surface area contributed by atoms with Gasteiger partial charge in [0.15, 0.2) is 0 Å². The summed E-state index contributed by atoms with van der Waals surface area (Å²) >= 11 is 7.71. The van der Waals surface area contributed by atoms with Crippen molar-refractivity contribution in [2.75, 3.05) is 5.32 Å². The number of hydrogen-bond acceptors (Lipinski definition) is 6. The monoisotopic (exact) mass is 334 g/mol. The SMILES string of the molecule is Cc1sc2ncnc(Nc3ccc([N+](=O)[O-])cc3Cl)c2c1C. The van der Waals surface area contributed by atoms with E-state index in [1.165, 1.54) is 23.3 Å². The van der Waals surface area contributed by atoms with Gasteiger partial charge in [-0.2, -0.15) is 0 Å². The van der Waals surface area contributed by atoms with Crippen molar-refractivity contribution in [1.29, 1.82) is 0 Å². The molecule has 1 N–H and O–H groups in total. The minimum atomic E-state index is -0.481. The molecule has 0 spiro atoms. The van der Waals surface area contributed by atoms with Crippen LogP contribution < -0.4 is 5.32 Å². The van der Waals surface area contributed by atoms with Crippen molar-refractivity contribution in [2.45, 2.75) is 13.8 Å². The van der Waals surface area contributed by atoms with E-state index in [9.17, 15) is 10.1 Å². The summed E-state index contributed by atoms with van der Waals surface area (Å²) in [6.07, 6.45) is 1.49. The lowest BCUT2D eigenvalue weighted by Crippen LogP contribution is -1.97. The lowest BCUT2D eigenvalue weighted by atomic mass is 10.2. The summed E-state index contributed by atoms with van der Waals surface area (Å²) in [5.41, 5.74) is 1.63. The van der Waals surface area contributed by atoms with E-state index in [2.05, 4.69) is 15.3 Å². The molecule has 0 atom stereocenters. The second kappa shape index (κ2) is 5.51. The number of aryl methyl sites for hydroxylation is 2. The van der Waals surface area contributed by atoms with Crippen molar-refractivity contribution < 1.29 is 4.92 Å². The molecule has 0 aliphatic carbocycles. The number of benzene rings is 1. The molecule has 2 heterocycles. The molecule has 1 aromatic carbocycles. The summed E-state index contributed by atoms with van der Waals surface area (Å²) in [4.78, 5) is 20.9. The number of anilines is 2. The number of rotatable bonds is 3. The van der Waals surface area contributed by atoms with Gasteiger partial charge in [0.25, 0.3) is 5.69 Å². The molecule has 2 aromatic heterocycles. The number of nitrogens with one attached hydrogen (secondary N) is 1. The van der Waals surface area contributed by atoms with Crippen LogP contribution in [-0.2, 0) is 0 Å². The van der Waals surface area contributed by atoms with Crippen molar-refractivity contribution >= 4 is 50.3 Å². The molecule has 8 heteroatoms. The summed E-state index contributed by atoms with van der Waals surface area (Å²) in [6, 6.07) is 4.29. The number of hydrogen-bond donors (Lipinski definition) is 1. The molecule has 0 unspecified atom stereocenters. The van der Waals surface area contributed by atoms with E-state index < -0.39 is 4.92 Å². The number of nitro benzene ring substituents is 1. The second-order valence-electron chi connectivity index (χ2n) is 4.73. The van der Waals surface area contributed by atoms with Crippen molar-refractivity contribution in [3.8, 4) is 0 Å². The van der Waals surface area contributed by atoms with E-state index >= 15 is 0 Å². The standard InChI is InChI=1S/C14H11ClN4O2S/c1-7-8(2)22-14-12(7)13(16-6-17-14)18-11-4-3-9(19(20)21)5-10(11)15/h3-6H,1-2H3,(H,16,17,18). The van der Waals surface area contributed by atoms with E-state index in [-0.39, 0.29) is 10.7 Å². The first-order chi connectivity index (χ1) is 10.5. The predicted octanol–water partition coefficient (Wildman–Crippen LogP) is 4.61. The normalized spacial score (nSPS) is 10.9. The lowest BCUT2D eigenvalue weighted by molar-refractivity contribution is -0.384. The zero-order valence-electron chi connectivity index (χ0n) is 11.8. The maximum atomic E-state index is 10.8. The van der Waals surface area contributed by atoms with Crippen molar-refractivity contribution in [3.63, 3.8) is 0 Å². The fraction of sp³-hybridized carbons (Fsp3) is 0.143. The van der Waals surface area contributed by atoms with Crippen LogP contribution in [0.3, 0.4) is 0 Å². The fourth-order valence-electron chi connectivity index (χ4n) is 2.12. The smallest absolute Gasteiger partial charge is 0.271 e. The van der Waals surface area contributed by atoms with Gasteiger partial charge in [0.1, 0.15) is 17.0 Å². The molecule has 0 aliphatic heterocycles. The molecule has 0 fully saturated rings. The average molecular weight is 335 g/mol. The molecule has 0 amide bonds. The molecule has 0 saturated heterocycles. The van der Waals surface area contributed by atoms with Crippen LogP contribution in [0.15, 0.2) is 24.5 Å². The maximum absolute atomic E-state index is 10.8. The van der Waals surface area contributed by atoms with Gasteiger partial charge in [-0.3, -0.25) is 10.1 Å². The number of non-ortho nitro benzene ring substituents is 1. The molecule has 112 valence electrons. The second-order valence-corrected chi connectivity index (χ2v) is 6.34. The Kier molecular flexibility index (Phi) is 3.67. The number of halogens is 1. The topological polar surface area (TPSA) is 81.0 Å². The van der Waals surface area contributed by atoms with Crippen molar-refractivity contribution in [2.24, 2.45) is 0 Å². The highest BCUT2D eigenvalue weighted by atomic mass is 35.5. The Morgan fingerprint density at radius 1 is 1.32 bits per heavy atom. The lowest BCUT2D eigenvalue weighted by Gasteiger charge is -2.09. The minimum Gasteiger partial charge on any atom is -0.338 e. The molecule has 3 rings (SSSR count). The van der Waals surface area contributed by atoms with Gasteiger partial charge in [-0.05, 0) is 25.5 Å². The number of thiophene rings is 1. The van der Waals surface area contributed by atoms with Gasteiger partial charge in [-0.15, -0.1) is 11.3 Å². The van der Waals surface area contributed by atoms with Crippen LogP contribution in [0.5, 0.6) is 0 Å². The van der Waals surface area contributed by atoms with E-state index in [0.29, 0.717) is 11.5 Å². The van der Waals surface area contributed by atoms with Crippen molar-refractivity contribution in [3.05, 3.63) is 50.1 Å². The Labute approximate surface area is 134 Å². The Hall–Kier alpha value is -2.25. The highest BCUT2D eigenvalue weighted by molar-refractivity contribution is 7.18. The number of nitro groups is 1. The van der Waals surface area contributed by atoms with Crippen LogP contribution in [0.25, 0.3) is 10.2 Å². The van der Waals surface area contributed by atoms with Crippen LogP contribution >= 0.6 is 22.9 Å². The largest absolute Gasteiger partial charge is 0.338 e. The molecular weight excluding hydrogens is 324 g/mol. The number of nitrogens with zero attached hydrogens (tertiary/aromatic N) is 3. The van der Waals surface area contributed by atoms with Gasteiger partial charge in [0, 0.05) is 17.0 Å². The molecule has 0 aliphatic rings. The van der Waals surface area contributed by atoms with Gasteiger partial charge in [-0.1, -0.05) is 11.6 Å². The highest BCUT2D eigenvalue weighted by Crippen LogP contribution is 2.35. The molecule has 0 bridgehead atoms. The van der Waals surface area contributed by atoms with Gasteiger partial charge >= 0.3 is 0 Å². The summed E-state index contributed by atoms with van der Waals surface area (Å²) in [6.45, 7) is 4.05. The van der Waals surface area contributed by atoms with Crippen LogP contribution in [0.1, 0.15) is 10.4 Å². The summed E-state index contributed by atoms with van der Waals surface area (Å²) < 4.78 is 0. The summed E-state index contributed by atoms with van der Waals surface area (Å²) in [5.74, 6) is 0.641. The quantitative estimate of drug-likeness (QED) is 0.558. The first-order valence-electron chi connectivity index (χ1n) is 6.39. The van der Waals surface area contributed by atoms with Crippen molar-refractivity contribution in [1.82, 2.24) is 9.97 Å². The molecule has 0 radical (unpaired) electrons. The summed E-state index contributed by atoms with van der Waals surface area (Å²) in [5, 5.41) is 15.1. The Balaban J connectivity index is 2.05. The molecular formula is C14H11ClN4O2S. The third-order valence-corrected chi connectivity index (χ3v) is 4.81. The Morgan fingerprint density at radius 2 is 2.09 bits per heavy atom. The van der Waals surface area contributed by atoms with Crippen LogP contribution in [0.2, 0.25) is 5.02 Å². The summed E-state index contributed by atoms with van der Waals surface area (Å²) in [7, 11) is 0. The average Bonchev–Trinajstić information content (AvgIpc) is 2.77. The molecule has 6 nitrogen and oxygen atoms in total. The minimum absolute atomic E-state index is 0.0501. The third-order valence-electron chi connectivity index (χ3n) is 3.38. The van der Waals surface area contributed by atoms with E-state index in [1.807, 2.05) is 13.8 Å². The number of aromatic nitrogens is 2. The molecule has 0 saturated carbocycles. The van der Waals surface area contributed by atoms with Crippen LogP contribution in [-0.4, -0.2) is 14.9 Å². The molecule has 22 heavy (non-hydrogen) atoms. The Bertz CT molecular complexity index is 894. The van der Waals surface area contributed by atoms with E-state index in [1.54, 1.807) is 17.4 Å². The third kappa shape index (κ3) is 2.49. The fourth-order valence-corrected chi connectivity index (χ4v) is 3.34. The highest BCUT2D eigenvalue weighted by Gasteiger charge is 2.14. The van der Waals surface area contributed by atoms with E-state index in [0.717, 1.165) is 15.8 Å². The maximum Gasteiger partial charge on any atom is 0.271 e.